The van der Waals surface area contributed by atoms with Gasteiger partial charge in [-0.2, -0.15) is 0 Å². The summed E-state index contributed by atoms with van der Waals surface area (Å²) in [5, 5.41) is 8.27. The van der Waals surface area contributed by atoms with Gasteiger partial charge in [0, 0.05) is 16.8 Å². The number of carbonyl (C=O) groups is 3. The number of esters is 2. The van der Waals surface area contributed by atoms with Gasteiger partial charge in [-0.1, -0.05) is 13.0 Å². The number of nitrogens with one attached hydrogen (secondary N) is 2. The van der Waals surface area contributed by atoms with E-state index in [9.17, 15) is 14.4 Å². The van der Waals surface area contributed by atoms with Crippen LogP contribution in [0.3, 0.4) is 0 Å². The average Bonchev–Trinajstić information content (AvgIpc) is 3.34. The second-order valence-electron chi connectivity index (χ2n) is 7.11. The molecule has 0 spiro atoms. The summed E-state index contributed by atoms with van der Waals surface area (Å²) in [5.41, 5.74) is 1.50. The molecule has 31 heavy (non-hydrogen) atoms. The molecule has 3 rings (SSSR count). The molecule has 10 heteroatoms. The molecule has 0 saturated heterocycles. The first-order valence-corrected chi connectivity index (χ1v) is 11.7. The van der Waals surface area contributed by atoms with E-state index in [4.69, 9.17) is 9.47 Å². The number of aromatic nitrogens is 1. The maximum atomic E-state index is 12.5. The van der Waals surface area contributed by atoms with Crippen LogP contribution in [-0.2, 0) is 27.1 Å². The molecule has 0 aliphatic heterocycles. The fraction of sp³-hybridized carbons (Fsp3) is 0.429. The molecule has 1 atom stereocenters. The van der Waals surface area contributed by atoms with Gasteiger partial charge in [-0.3, -0.25) is 4.79 Å². The molecule has 0 fully saturated rings. The van der Waals surface area contributed by atoms with E-state index in [2.05, 4.69) is 29.1 Å². The van der Waals surface area contributed by atoms with Crippen molar-refractivity contribution in [3.8, 4) is 0 Å². The van der Waals surface area contributed by atoms with Crippen LogP contribution in [0.15, 0.2) is 18.0 Å². The van der Waals surface area contributed by atoms with E-state index >= 15 is 0 Å². The predicted molar refractivity (Wildman–Crippen MR) is 121 cm³/mol. The van der Waals surface area contributed by atoms with Crippen LogP contribution in [0.4, 0.5) is 10.1 Å². The Bertz CT molecular complexity index is 982. The molecule has 0 aromatic carbocycles. The Labute approximate surface area is 188 Å². The van der Waals surface area contributed by atoms with Crippen molar-refractivity contribution in [1.82, 2.24) is 4.98 Å². The van der Waals surface area contributed by atoms with E-state index in [0.29, 0.717) is 28.2 Å². The molecule has 2 aromatic rings. The number of anilines is 2. The van der Waals surface area contributed by atoms with Crippen LogP contribution in [-0.4, -0.2) is 42.6 Å². The number of rotatable bonds is 9. The van der Waals surface area contributed by atoms with Crippen molar-refractivity contribution in [2.45, 2.75) is 33.1 Å². The van der Waals surface area contributed by atoms with Gasteiger partial charge in [0.25, 0.3) is 5.91 Å². The van der Waals surface area contributed by atoms with E-state index in [1.165, 1.54) is 22.7 Å². The van der Waals surface area contributed by atoms with E-state index in [0.717, 1.165) is 29.7 Å². The molecule has 0 saturated carbocycles. The van der Waals surface area contributed by atoms with E-state index in [1.807, 2.05) is 0 Å². The predicted octanol–water partition coefficient (Wildman–Crippen LogP) is 3.90. The summed E-state index contributed by atoms with van der Waals surface area (Å²) >= 11 is 2.65. The quantitative estimate of drug-likeness (QED) is 0.429. The van der Waals surface area contributed by atoms with Crippen molar-refractivity contribution in [2.24, 2.45) is 5.92 Å². The minimum atomic E-state index is -0.692. The number of hydrogen-bond donors (Lipinski definition) is 2. The molecule has 1 aliphatic carbocycles. The first kappa shape index (κ1) is 23.0. The molecule has 166 valence electrons. The maximum absolute atomic E-state index is 12.5. The Hall–Kier alpha value is -2.72. The van der Waals surface area contributed by atoms with Crippen molar-refractivity contribution in [2.75, 3.05) is 30.4 Å². The van der Waals surface area contributed by atoms with E-state index < -0.39 is 24.5 Å². The summed E-state index contributed by atoms with van der Waals surface area (Å²) in [7, 11) is 0. The maximum Gasteiger partial charge on any atom is 0.358 e. The molecule has 1 amide bonds. The standard InChI is InChI=1S/C21H25N3O5S2/c1-4-8-22-21-23-14(11-30-21)19(26)29-10-16(25)24-18-17(20(27)28-5-2)13-7-6-12(3)9-15(13)31-18/h4,11-12H,1,5-10H2,2-3H3,(H,22,23)(H,24,25)/t12-/m0/s1. The Morgan fingerprint density at radius 1 is 1.32 bits per heavy atom. The number of thiophene rings is 1. The highest BCUT2D eigenvalue weighted by atomic mass is 32.1. The first-order chi connectivity index (χ1) is 14.9. The summed E-state index contributed by atoms with van der Waals surface area (Å²) in [6.45, 7) is 7.81. The van der Waals surface area contributed by atoms with Gasteiger partial charge in [0.2, 0.25) is 0 Å². The summed E-state index contributed by atoms with van der Waals surface area (Å²) in [6.07, 6.45) is 4.30. The molecule has 2 aromatic heterocycles. The first-order valence-electron chi connectivity index (χ1n) is 10.0. The lowest BCUT2D eigenvalue weighted by Gasteiger charge is -2.18. The molecule has 2 heterocycles. The third kappa shape index (κ3) is 5.71. The zero-order valence-corrected chi connectivity index (χ0v) is 19.1. The topological polar surface area (TPSA) is 107 Å². The van der Waals surface area contributed by atoms with E-state index in [-0.39, 0.29) is 12.3 Å². The molecule has 8 nitrogen and oxygen atoms in total. The zero-order valence-electron chi connectivity index (χ0n) is 17.5. The number of thiazole rings is 1. The number of carbonyl (C=O) groups excluding carboxylic acids is 3. The second kappa shape index (κ2) is 10.5. The number of fused-ring (bicyclic) bond motifs is 1. The molecule has 1 aliphatic rings. The van der Waals surface area contributed by atoms with Gasteiger partial charge in [0.05, 0.1) is 12.2 Å². The molecule has 0 radical (unpaired) electrons. The fourth-order valence-electron chi connectivity index (χ4n) is 3.23. The molecule has 0 unspecified atom stereocenters. The highest BCUT2D eigenvalue weighted by Crippen LogP contribution is 2.40. The van der Waals surface area contributed by atoms with Gasteiger partial charge < -0.3 is 20.1 Å². The summed E-state index contributed by atoms with van der Waals surface area (Å²) in [4.78, 5) is 42.3. The van der Waals surface area contributed by atoms with Crippen molar-refractivity contribution in [1.29, 1.82) is 0 Å². The van der Waals surface area contributed by atoms with Gasteiger partial charge in [0.15, 0.2) is 17.4 Å². The molecule has 0 bridgehead atoms. The van der Waals surface area contributed by atoms with Crippen molar-refractivity contribution in [3.63, 3.8) is 0 Å². The highest BCUT2D eigenvalue weighted by molar-refractivity contribution is 7.17. The number of nitrogens with zero attached hydrogens (tertiary/aromatic N) is 1. The van der Waals surface area contributed by atoms with Crippen molar-refractivity contribution in [3.05, 3.63) is 39.7 Å². The Balaban J connectivity index is 1.64. The molecular formula is C21H25N3O5S2. The second-order valence-corrected chi connectivity index (χ2v) is 9.07. The number of amides is 1. The monoisotopic (exact) mass is 463 g/mol. The van der Waals surface area contributed by atoms with Crippen LogP contribution < -0.4 is 10.6 Å². The zero-order chi connectivity index (χ0) is 22.4. The summed E-state index contributed by atoms with van der Waals surface area (Å²) < 4.78 is 10.3. The van der Waals surface area contributed by atoms with Gasteiger partial charge >= 0.3 is 11.9 Å². The third-order valence-electron chi connectivity index (χ3n) is 4.69. The average molecular weight is 464 g/mol. The van der Waals surface area contributed by atoms with Gasteiger partial charge in [-0.25, -0.2) is 14.6 Å². The van der Waals surface area contributed by atoms with Crippen LogP contribution in [0.5, 0.6) is 0 Å². The largest absolute Gasteiger partial charge is 0.462 e. The summed E-state index contributed by atoms with van der Waals surface area (Å²) in [5.74, 6) is -1.13. The third-order valence-corrected chi connectivity index (χ3v) is 6.66. The SMILES string of the molecule is C=CCNc1nc(C(=O)OCC(=O)Nc2sc3c(c2C(=O)OCC)CC[C@H](C)C3)cs1. The smallest absolute Gasteiger partial charge is 0.358 e. The Morgan fingerprint density at radius 2 is 2.13 bits per heavy atom. The minimum Gasteiger partial charge on any atom is -0.462 e. The van der Waals surface area contributed by atoms with Crippen LogP contribution in [0.2, 0.25) is 0 Å². The number of hydrogen-bond acceptors (Lipinski definition) is 9. The van der Waals surface area contributed by atoms with Gasteiger partial charge in [-0.15, -0.1) is 29.3 Å². The van der Waals surface area contributed by atoms with Crippen LogP contribution in [0.25, 0.3) is 0 Å². The number of ether oxygens (including phenoxy) is 2. The summed E-state index contributed by atoms with van der Waals surface area (Å²) in [6, 6.07) is 0. The van der Waals surface area contributed by atoms with Crippen LogP contribution >= 0.6 is 22.7 Å². The molecule has 2 N–H and O–H groups in total. The van der Waals surface area contributed by atoms with Crippen molar-refractivity contribution < 1.29 is 23.9 Å². The minimum absolute atomic E-state index is 0.122. The van der Waals surface area contributed by atoms with E-state index in [1.54, 1.807) is 18.4 Å². The fourth-order valence-corrected chi connectivity index (χ4v) is 5.34. The molecular weight excluding hydrogens is 438 g/mol. The van der Waals surface area contributed by atoms with Crippen LogP contribution in [0.1, 0.15) is 51.6 Å². The van der Waals surface area contributed by atoms with Crippen LogP contribution in [0, 0.1) is 5.92 Å². The highest BCUT2D eigenvalue weighted by Gasteiger charge is 2.29. The Kier molecular flexibility index (Phi) is 7.80. The van der Waals surface area contributed by atoms with Crippen molar-refractivity contribution >= 4 is 50.7 Å². The lowest BCUT2D eigenvalue weighted by Crippen LogP contribution is -2.22. The lowest BCUT2D eigenvalue weighted by molar-refractivity contribution is -0.119. The lowest BCUT2D eigenvalue weighted by atomic mass is 9.88. The van der Waals surface area contributed by atoms with Gasteiger partial charge in [0.1, 0.15) is 5.00 Å². The normalized spacial score (nSPS) is 15.0. The Morgan fingerprint density at radius 3 is 2.87 bits per heavy atom. The van der Waals surface area contributed by atoms with Gasteiger partial charge in [-0.05, 0) is 37.7 Å².